The Morgan fingerprint density at radius 2 is 1.58 bits per heavy atom. The molecule has 0 unspecified atom stereocenters. The Kier molecular flexibility index (Phi) is 9.52. The molecule has 0 bridgehead atoms. The number of anilines is 1. The fourth-order valence-electron chi connectivity index (χ4n) is 2.63. The predicted octanol–water partition coefficient (Wildman–Crippen LogP) is 4.69. The zero-order valence-corrected chi connectivity index (χ0v) is 19.5. The van der Waals surface area contributed by atoms with E-state index in [-0.39, 0.29) is 11.8 Å². The highest BCUT2D eigenvalue weighted by Gasteiger charge is 2.12. The maximum Gasteiger partial charge on any atom is 0.269 e. The Balaban J connectivity index is 1.88. The quantitative estimate of drug-likeness (QED) is 0.351. The van der Waals surface area contributed by atoms with E-state index in [1.165, 1.54) is 0 Å². The number of carbonyl (C=O) groups excluding carboxylic acids is 3. The monoisotopic (exact) mass is 489 g/mol. The number of amides is 3. The number of unbranched alkanes of at least 4 members (excludes halogenated alkanes) is 1. The third-order valence-electron chi connectivity index (χ3n) is 4.26. The highest BCUT2D eigenvalue weighted by Crippen LogP contribution is 2.26. The zero-order chi connectivity index (χ0) is 22.8. The average molecular weight is 490 g/mol. The molecule has 2 aromatic carbocycles. The van der Waals surface area contributed by atoms with Crippen LogP contribution in [0.15, 0.2) is 46.9 Å². The van der Waals surface area contributed by atoms with Crippen molar-refractivity contribution in [3.8, 4) is 5.75 Å². The van der Waals surface area contributed by atoms with Gasteiger partial charge >= 0.3 is 0 Å². The lowest BCUT2D eigenvalue weighted by Gasteiger charge is -2.11. The van der Waals surface area contributed by atoms with Crippen LogP contribution in [0.4, 0.5) is 5.69 Å². The molecule has 3 amide bonds. The predicted molar refractivity (Wildman–Crippen MR) is 124 cm³/mol. The number of hydrogen-bond donors (Lipinski definition) is 3. The van der Waals surface area contributed by atoms with Crippen molar-refractivity contribution >= 4 is 39.3 Å². The normalized spacial score (nSPS) is 10.5. The Labute approximate surface area is 191 Å². The summed E-state index contributed by atoms with van der Waals surface area (Å²) in [5.41, 5.74) is 6.11. The maximum atomic E-state index is 12.3. The molecule has 0 aliphatic carbocycles. The second-order valence-electron chi connectivity index (χ2n) is 7.48. The average Bonchev–Trinajstić information content (AvgIpc) is 2.73. The van der Waals surface area contributed by atoms with Crippen molar-refractivity contribution < 1.29 is 19.1 Å². The second kappa shape index (κ2) is 12.1. The van der Waals surface area contributed by atoms with Crippen molar-refractivity contribution in [3.63, 3.8) is 0 Å². The van der Waals surface area contributed by atoms with E-state index in [9.17, 15) is 14.4 Å². The van der Waals surface area contributed by atoms with Gasteiger partial charge < -0.3 is 10.1 Å². The molecule has 0 saturated carbocycles. The number of nitrogens with one attached hydrogen (secondary N) is 3. The number of carbonyl (C=O) groups is 3. The largest absolute Gasteiger partial charge is 0.492 e. The van der Waals surface area contributed by atoms with E-state index in [1.807, 2.05) is 13.8 Å². The van der Waals surface area contributed by atoms with Crippen LogP contribution in [0.5, 0.6) is 5.75 Å². The van der Waals surface area contributed by atoms with E-state index in [2.05, 4.69) is 39.0 Å². The molecule has 3 N–H and O–H groups in total. The summed E-state index contributed by atoms with van der Waals surface area (Å²) in [6.07, 6.45) is 2.41. The molecular weight excluding hydrogens is 462 g/mol. The van der Waals surface area contributed by atoms with Gasteiger partial charge in [-0.3, -0.25) is 25.2 Å². The molecule has 31 heavy (non-hydrogen) atoms. The van der Waals surface area contributed by atoms with Crippen molar-refractivity contribution in [2.75, 3.05) is 11.9 Å². The molecular formula is C23H28BrN3O4. The first-order valence-electron chi connectivity index (χ1n) is 10.2. The molecule has 2 rings (SSSR count). The number of halogens is 1. The summed E-state index contributed by atoms with van der Waals surface area (Å²) in [4.78, 5) is 36.4. The molecule has 0 aliphatic rings. The van der Waals surface area contributed by atoms with Gasteiger partial charge in [-0.1, -0.05) is 27.2 Å². The first-order valence-corrected chi connectivity index (χ1v) is 11.0. The molecule has 0 aliphatic heterocycles. The van der Waals surface area contributed by atoms with E-state index in [0.29, 0.717) is 40.1 Å². The summed E-state index contributed by atoms with van der Waals surface area (Å²) in [6.45, 7) is 6.63. The minimum absolute atomic E-state index is 0.0765. The van der Waals surface area contributed by atoms with Crippen LogP contribution in [0.3, 0.4) is 0 Å². The van der Waals surface area contributed by atoms with E-state index in [4.69, 9.17) is 4.74 Å². The fourth-order valence-corrected chi connectivity index (χ4v) is 3.12. The second-order valence-corrected chi connectivity index (χ2v) is 8.33. The highest BCUT2D eigenvalue weighted by molar-refractivity contribution is 9.10. The minimum Gasteiger partial charge on any atom is -0.492 e. The summed E-state index contributed by atoms with van der Waals surface area (Å²) in [5.74, 6) is -0.0696. The maximum absolute atomic E-state index is 12.3. The fraction of sp³-hybridized carbons (Fsp3) is 0.348. The lowest BCUT2D eigenvalue weighted by molar-refractivity contribution is -0.116. The molecule has 0 atom stereocenters. The standard InChI is InChI=1S/C23H28BrN3O4/c1-4-5-12-31-20-11-8-17(14-19(20)24)23(30)27-26-22(29)16-6-9-18(10-7-16)25-21(28)13-15(2)3/h6-11,14-15H,4-5,12-13H2,1-3H3,(H,25,28)(H,26,29)(H,27,30). The molecule has 8 heteroatoms. The lowest BCUT2D eigenvalue weighted by Crippen LogP contribution is -2.41. The third-order valence-corrected chi connectivity index (χ3v) is 4.88. The topological polar surface area (TPSA) is 96.5 Å². The molecule has 166 valence electrons. The van der Waals surface area contributed by atoms with E-state index < -0.39 is 11.8 Å². The molecule has 0 radical (unpaired) electrons. The van der Waals surface area contributed by atoms with Crippen LogP contribution >= 0.6 is 15.9 Å². The van der Waals surface area contributed by atoms with Crippen molar-refractivity contribution in [3.05, 3.63) is 58.1 Å². The van der Waals surface area contributed by atoms with Gasteiger partial charge in [-0.25, -0.2) is 0 Å². The van der Waals surface area contributed by atoms with Gasteiger partial charge in [0.15, 0.2) is 0 Å². The molecule has 0 aromatic heterocycles. The first-order chi connectivity index (χ1) is 14.8. The highest BCUT2D eigenvalue weighted by atomic mass is 79.9. The number of ether oxygens (including phenoxy) is 1. The van der Waals surface area contributed by atoms with Crippen LogP contribution in [0, 0.1) is 5.92 Å². The summed E-state index contributed by atoms with van der Waals surface area (Å²) >= 11 is 3.40. The van der Waals surface area contributed by atoms with E-state index >= 15 is 0 Å². The van der Waals surface area contributed by atoms with Gasteiger partial charge in [0, 0.05) is 23.2 Å². The van der Waals surface area contributed by atoms with Gasteiger partial charge in [-0.2, -0.15) is 0 Å². The van der Waals surface area contributed by atoms with Crippen LogP contribution < -0.4 is 20.9 Å². The van der Waals surface area contributed by atoms with Crippen molar-refractivity contribution in [1.82, 2.24) is 10.9 Å². The molecule has 0 heterocycles. The van der Waals surface area contributed by atoms with Crippen molar-refractivity contribution in [1.29, 1.82) is 0 Å². The minimum atomic E-state index is -0.466. The SMILES string of the molecule is CCCCOc1ccc(C(=O)NNC(=O)c2ccc(NC(=O)CC(C)C)cc2)cc1Br. The number of rotatable bonds is 9. The number of hydrogen-bond acceptors (Lipinski definition) is 4. The zero-order valence-electron chi connectivity index (χ0n) is 18.0. The summed E-state index contributed by atoms with van der Waals surface area (Å²) < 4.78 is 6.31. The molecule has 0 spiro atoms. The van der Waals surface area contributed by atoms with E-state index in [0.717, 1.165) is 12.8 Å². The molecule has 7 nitrogen and oxygen atoms in total. The van der Waals surface area contributed by atoms with Gasteiger partial charge in [0.2, 0.25) is 5.91 Å². The van der Waals surface area contributed by atoms with Gasteiger partial charge in [0.1, 0.15) is 5.75 Å². The summed E-state index contributed by atoms with van der Waals surface area (Å²) in [6, 6.07) is 11.4. The third kappa shape index (κ3) is 8.05. The summed E-state index contributed by atoms with van der Waals surface area (Å²) in [7, 11) is 0. The smallest absolute Gasteiger partial charge is 0.269 e. The summed E-state index contributed by atoms with van der Waals surface area (Å²) in [5, 5.41) is 2.78. The Morgan fingerprint density at radius 3 is 2.16 bits per heavy atom. The molecule has 0 fully saturated rings. The van der Waals surface area contributed by atoms with Gasteiger partial charge in [0.25, 0.3) is 11.8 Å². The Bertz CT molecular complexity index is 914. The molecule has 0 saturated heterocycles. The number of benzene rings is 2. The van der Waals surface area contributed by atoms with Crippen LogP contribution in [-0.4, -0.2) is 24.3 Å². The van der Waals surface area contributed by atoms with Crippen LogP contribution in [0.1, 0.15) is 60.7 Å². The van der Waals surface area contributed by atoms with Crippen LogP contribution in [-0.2, 0) is 4.79 Å². The van der Waals surface area contributed by atoms with Crippen LogP contribution in [0.25, 0.3) is 0 Å². The van der Waals surface area contributed by atoms with Gasteiger partial charge in [0.05, 0.1) is 11.1 Å². The van der Waals surface area contributed by atoms with Crippen LogP contribution in [0.2, 0.25) is 0 Å². The van der Waals surface area contributed by atoms with Crippen molar-refractivity contribution in [2.45, 2.75) is 40.0 Å². The Hall–Kier alpha value is -2.87. The van der Waals surface area contributed by atoms with E-state index in [1.54, 1.807) is 42.5 Å². The number of hydrazine groups is 1. The molecule has 2 aromatic rings. The van der Waals surface area contributed by atoms with Gasteiger partial charge in [-0.15, -0.1) is 0 Å². The van der Waals surface area contributed by atoms with Crippen molar-refractivity contribution in [2.24, 2.45) is 5.92 Å². The lowest BCUT2D eigenvalue weighted by atomic mass is 10.1. The Morgan fingerprint density at radius 1 is 0.968 bits per heavy atom. The van der Waals surface area contributed by atoms with Gasteiger partial charge in [-0.05, 0) is 70.7 Å². The first kappa shape index (κ1) is 24.4.